The number of rotatable bonds is 11. The van der Waals surface area contributed by atoms with Crippen molar-refractivity contribution in [3.05, 3.63) is 76.8 Å². The number of urea groups is 1. The summed E-state index contributed by atoms with van der Waals surface area (Å²) in [5.41, 5.74) is 8.13. The number of benzene rings is 2. The Kier molecular flexibility index (Phi) is 9.87. The van der Waals surface area contributed by atoms with Gasteiger partial charge in [0.15, 0.2) is 5.13 Å². The van der Waals surface area contributed by atoms with Crippen LogP contribution in [0.4, 0.5) is 15.6 Å². The summed E-state index contributed by atoms with van der Waals surface area (Å²) >= 11 is 1.12. The third kappa shape index (κ3) is 7.69. The fourth-order valence-electron chi connectivity index (χ4n) is 3.51. The standard InChI is InChI=1S/C26H29N5O5S/c1-3-20(32)21(22(27)24(34)36-4-2)17-10-12-18(13-11-17)29-23(33)19-15-37-26(30-19)31-25(35)28-14-16-8-6-5-7-9-16/h5-13,15,21-22H,3-4,14,27H2,1-2H3,(H,29,33)(H2,28,30,31,35). The summed E-state index contributed by atoms with van der Waals surface area (Å²) in [6, 6.07) is 14.4. The first-order chi connectivity index (χ1) is 17.8. The van der Waals surface area contributed by atoms with E-state index in [0.717, 1.165) is 16.9 Å². The topological polar surface area (TPSA) is 153 Å². The summed E-state index contributed by atoms with van der Waals surface area (Å²) in [6.45, 7) is 3.89. The first-order valence-electron chi connectivity index (χ1n) is 11.7. The lowest BCUT2D eigenvalue weighted by molar-refractivity contribution is -0.146. The minimum atomic E-state index is -1.13. The van der Waals surface area contributed by atoms with Crippen LogP contribution in [-0.4, -0.2) is 41.3 Å². The van der Waals surface area contributed by atoms with Gasteiger partial charge in [-0.2, -0.15) is 0 Å². The molecule has 2 aromatic carbocycles. The zero-order valence-electron chi connectivity index (χ0n) is 20.5. The summed E-state index contributed by atoms with van der Waals surface area (Å²) < 4.78 is 4.98. The van der Waals surface area contributed by atoms with Gasteiger partial charge in [-0.1, -0.05) is 49.4 Å². The highest BCUT2D eigenvalue weighted by molar-refractivity contribution is 7.14. The fraction of sp³-hybridized carbons (Fsp3) is 0.269. The van der Waals surface area contributed by atoms with Crippen LogP contribution in [0.15, 0.2) is 60.0 Å². The van der Waals surface area contributed by atoms with Crippen LogP contribution in [0.2, 0.25) is 0 Å². The summed E-state index contributed by atoms with van der Waals surface area (Å²) in [4.78, 5) is 53.5. The number of nitrogens with one attached hydrogen (secondary N) is 3. The van der Waals surface area contributed by atoms with Gasteiger partial charge in [0.25, 0.3) is 5.91 Å². The van der Waals surface area contributed by atoms with Crippen LogP contribution in [0.3, 0.4) is 0 Å². The second-order valence-electron chi connectivity index (χ2n) is 7.98. The molecule has 11 heteroatoms. The van der Waals surface area contributed by atoms with Crippen molar-refractivity contribution in [2.75, 3.05) is 17.2 Å². The lowest BCUT2D eigenvalue weighted by atomic mass is 9.87. The Labute approximate surface area is 218 Å². The second-order valence-corrected chi connectivity index (χ2v) is 8.84. The van der Waals surface area contributed by atoms with Crippen LogP contribution in [0.1, 0.15) is 47.8 Å². The fourth-order valence-corrected chi connectivity index (χ4v) is 4.20. The number of hydrogen-bond acceptors (Lipinski definition) is 8. The van der Waals surface area contributed by atoms with Crippen molar-refractivity contribution in [2.45, 2.75) is 38.8 Å². The zero-order valence-corrected chi connectivity index (χ0v) is 21.3. The molecule has 0 aliphatic carbocycles. The number of hydrogen-bond donors (Lipinski definition) is 4. The lowest BCUT2D eigenvalue weighted by Crippen LogP contribution is -2.41. The predicted molar refractivity (Wildman–Crippen MR) is 141 cm³/mol. The largest absolute Gasteiger partial charge is 0.465 e. The van der Waals surface area contributed by atoms with E-state index in [1.54, 1.807) is 38.1 Å². The van der Waals surface area contributed by atoms with Gasteiger partial charge in [-0.3, -0.25) is 19.7 Å². The summed E-state index contributed by atoms with van der Waals surface area (Å²) in [7, 11) is 0. The molecular formula is C26H29N5O5S. The van der Waals surface area contributed by atoms with E-state index in [1.807, 2.05) is 30.3 Å². The number of esters is 1. The highest BCUT2D eigenvalue weighted by Crippen LogP contribution is 2.25. The van der Waals surface area contributed by atoms with Gasteiger partial charge < -0.3 is 21.1 Å². The maximum absolute atomic E-state index is 12.6. The molecule has 5 N–H and O–H groups in total. The number of ether oxygens (including phenoxy) is 1. The van der Waals surface area contributed by atoms with E-state index >= 15 is 0 Å². The molecular weight excluding hydrogens is 494 g/mol. The minimum absolute atomic E-state index is 0.135. The lowest BCUT2D eigenvalue weighted by Gasteiger charge is -2.21. The summed E-state index contributed by atoms with van der Waals surface area (Å²) in [5.74, 6) is -2.15. The number of amides is 3. The maximum Gasteiger partial charge on any atom is 0.324 e. The number of Topliss-reactive ketones (excluding diaryl/α,β-unsaturated/α-hetero) is 1. The molecule has 0 aliphatic heterocycles. The highest BCUT2D eigenvalue weighted by atomic mass is 32.1. The van der Waals surface area contributed by atoms with Crippen molar-refractivity contribution >= 4 is 45.8 Å². The number of anilines is 2. The number of aromatic nitrogens is 1. The molecule has 3 aromatic rings. The summed E-state index contributed by atoms with van der Waals surface area (Å²) in [6.07, 6.45) is 0.209. The van der Waals surface area contributed by atoms with Crippen LogP contribution in [0.5, 0.6) is 0 Å². The van der Waals surface area contributed by atoms with Gasteiger partial charge in [0.05, 0.1) is 12.5 Å². The first-order valence-corrected chi connectivity index (χ1v) is 12.6. The van der Waals surface area contributed by atoms with E-state index in [2.05, 4.69) is 20.9 Å². The maximum atomic E-state index is 12.6. The summed E-state index contributed by atoms with van der Waals surface area (Å²) in [5, 5.41) is 9.87. The molecule has 3 rings (SSSR count). The highest BCUT2D eigenvalue weighted by Gasteiger charge is 2.32. The number of nitrogens with two attached hydrogens (primary N) is 1. The molecule has 3 amide bonds. The van der Waals surface area contributed by atoms with E-state index in [9.17, 15) is 19.2 Å². The van der Waals surface area contributed by atoms with E-state index < -0.39 is 29.9 Å². The Bertz CT molecular complexity index is 1230. The number of thiazole rings is 1. The van der Waals surface area contributed by atoms with Crippen LogP contribution >= 0.6 is 11.3 Å². The van der Waals surface area contributed by atoms with Crippen LogP contribution < -0.4 is 21.7 Å². The van der Waals surface area contributed by atoms with Gasteiger partial charge in [0.1, 0.15) is 17.5 Å². The average Bonchev–Trinajstić information content (AvgIpc) is 3.37. The smallest absolute Gasteiger partial charge is 0.324 e. The van der Waals surface area contributed by atoms with Crippen molar-refractivity contribution in [1.82, 2.24) is 10.3 Å². The molecule has 2 unspecified atom stereocenters. The van der Waals surface area contributed by atoms with Gasteiger partial charge in [0.2, 0.25) is 0 Å². The SMILES string of the molecule is CCOC(=O)C(N)C(C(=O)CC)c1ccc(NC(=O)c2csc(NC(=O)NCc3ccccc3)n2)cc1. The third-order valence-electron chi connectivity index (χ3n) is 5.39. The van der Waals surface area contributed by atoms with E-state index in [0.29, 0.717) is 17.8 Å². The molecule has 1 aromatic heterocycles. The predicted octanol–water partition coefficient (Wildman–Crippen LogP) is 3.67. The molecule has 0 aliphatic rings. The van der Waals surface area contributed by atoms with Crippen LogP contribution in [0.25, 0.3) is 0 Å². The van der Waals surface area contributed by atoms with Crippen molar-refractivity contribution in [1.29, 1.82) is 0 Å². The molecule has 0 fully saturated rings. The third-order valence-corrected chi connectivity index (χ3v) is 6.15. The van der Waals surface area contributed by atoms with Crippen molar-refractivity contribution in [2.24, 2.45) is 5.73 Å². The van der Waals surface area contributed by atoms with E-state index in [1.165, 1.54) is 5.38 Å². The first kappa shape index (κ1) is 27.5. The van der Waals surface area contributed by atoms with Crippen molar-refractivity contribution < 1.29 is 23.9 Å². The van der Waals surface area contributed by atoms with Crippen molar-refractivity contribution in [3.63, 3.8) is 0 Å². The molecule has 0 spiro atoms. The van der Waals surface area contributed by atoms with Gasteiger partial charge in [0, 0.05) is 24.0 Å². The molecule has 0 saturated carbocycles. The number of carbonyl (C=O) groups excluding carboxylic acids is 4. The average molecular weight is 524 g/mol. The zero-order chi connectivity index (χ0) is 26.8. The Balaban J connectivity index is 1.59. The van der Waals surface area contributed by atoms with E-state index in [4.69, 9.17) is 10.5 Å². The van der Waals surface area contributed by atoms with Gasteiger partial charge in [-0.25, -0.2) is 9.78 Å². The van der Waals surface area contributed by atoms with Crippen LogP contribution in [0, 0.1) is 0 Å². The monoisotopic (exact) mass is 523 g/mol. The van der Waals surface area contributed by atoms with Crippen LogP contribution in [-0.2, 0) is 20.9 Å². The molecule has 10 nitrogen and oxygen atoms in total. The number of nitrogens with zero attached hydrogens (tertiary/aromatic N) is 1. The second kappa shape index (κ2) is 13.3. The molecule has 2 atom stereocenters. The van der Waals surface area contributed by atoms with Crippen molar-refractivity contribution in [3.8, 4) is 0 Å². The quantitative estimate of drug-likeness (QED) is 0.280. The van der Waals surface area contributed by atoms with Gasteiger partial charge >= 0.3 is 12.0 Å². The Hall–Kier alpha value is -4.09. The molecule has 1 heterocycles. The Morgan fingerprint density at radius 3 is 2.35 bits per heavy atom. The van der Waals surface area contributed by atoms with Gasteiger partial charge in [-0.05, 0) is 30.2 Å². The van der Waals surface area contributed by atoms with E-state index in [-0.39, 0.29) is 29.6 Å². The Morgan fingerprint density at radius 2 is 1.70 bits per heavy atom. The van der Waals surface area contributed by atoms with Gasteiger partial charge in [-0.15, -0.1) is 11.3 Å². The minimum Gasteiger partial charge on any atom is -0.465 e. The normalized spacial score (nSPS) is 12.2. The Morgan fingerprint density at radius 1 is 1.00 bits per heavy atom. The number of ketones is 1. The molecule has 0 bridgehead atoms. The molecule has 194 valence electrons. The molecule has 0 radical (unpaired) electrons. The molecule has 0 saturated heterocycles. The number of carbonyl (C=O) groups is 4. The molecule has 37 heavy (non-hydrogen) atoms.